The van der Waals surface area contributed by atoms with Gasteiger partial charge in [-0.3, -0.25) is 4.79 Å². The number of benzene rings is 1. The van der Waals surface area contributed by atoms with Crippen molar-refractivity contribution in [2.24, 2.45) is 0 Å². The number of halogens is 1. The predicted octanol–water partition coefficient (Wildman–Crippen LogP) is 1.75. The van der Waals surface area contributed by atoms with Crippen LogP contribution in [-0.4, -0.2) is 42.8 Å². The van der Waals surface area contributed by atoms with Crippen LogP contribution >= 0.6 is 11.6 Å². The van der Waals surface area contributed by atoms with E-state index in [2.05, 4.69) is 10.6 Å². The Labute approximate surface area is 127 Å². The average Bonchev–Trinajstić information content (AvgIpc) is 2.46. The number of hydrogen-bond donors (Lipinski definition) is 3. The van der Waals surface area contributed by atoms with E-state index >= 15 is 0 Å². The lowest BCUT2D eigenvalue weighted by molar-refractivity contribution is -0.123. The molecule has 0 unspecified atom stereocenters. The summed E-state index contributed by atoms with van der Waals surface area (Å²) < 4.78 is 5.52. The minimum Gasteiger partial charge on any atom is -0.478 e. The number of ether oxygens (including phenoxy) is 1. The van der Waals surface area contributed by atoms with E-state index in [1.165, 1.54) is 18.2 Å². The van der Waals surface area contributed by atoms with Gasteiger partial charge in [0.15, 0.2) is 0 Å². The molecule has 114 valence electrons. The van der Waals surface area contributed by atoms with Gasteiger partial charge in [0, 0.05) is 5.02 Å². The Bertz CT molecular complexity index is 530. The molecule has 6 nitrogen and oxygen atoms in total. The minimum absolute atomic E-state index is 0.00498. The zero-order chi connectivity index (χ0) is 15.2. The van der Waals surface area contributed by atoms with Crippen molar-refractivity contribution in [2.75, 3.05) is 25.0 Å². The summed E-state index contributed by atoms with van der Waals surface area (Å²) in [5.41, 5.74) is 0.170. The number of carboxylic acids is 1. The van der Waals surface area contributed by atoms with Crippen LogP contribution in [0.2, 0.25) is 5.02 Å². The largest absolute Gasteiger partial charge is 0.478 e. The summed E-state index contributed by atoms with van der Waals surface area (Å²) >= 11 is 5.82. The monoisotopic (exact) mass is 312 g/mol. The molecule has 0 saturated carbocycles. The van der Waals surface area contributed by atoms with Gasteiger partial charge in [-0.05, 0) is 44.1 Å². The molecule has 0 aliphatic carbocycles. The van der Waals surface area contributed by atoms with Crippen molar-refractivity contribution < 1.29 is 19.4 Å². The molecule has 0 radical (unpaired) electrons. The first-order valence-electron chi connectivity index (χ1n) is 6.71. The number of aromatic carboxylic acids is 1. The maximum absolute atomic E-state index is 11.9. The number of anilines is 1. The third kappa shape index (κ3) is 4.70. The summed E-state index contributed by atoms with van der Waals surface area (Å²) in [6.45, 7) is 1.66. The van der Waals surface area contributed by atoms with E-state index in [-0.39, 0.29) is 24.0 Å². The highest BCUT2D eigenvalue weighted by Crippen LogP contribution is 2.21. The first-order valence-corrected chi connectivity index (χ1v) is 7.09. The van der Waals surface area contributed by atoms with Crippen molar-refractivity contribution >= 4 is 29.2 Å². The normalized spacial score (nSPS) is 15.7. The predicted molar refractivity (Wildman–Crippen MR) is 78.9 cm³/mol. The van der Waals surface area contributed by atoms with Crippen LogP contribution in [-0.2, 0) is 9.53 Å². The Hall–Kier alpha value is -1.63. The summed E-state index contributed by atoms with van der Waals surface area (Å²) in [5, 5.41) is 15.2. The summed E-state index contributed by atoms with van der Waals surface area (Å²) in [6, 6.07) is 4.23. The summed E-state index contributed by atoms with van der Waals surface area (Å²) in [4.78, 5) is 22.9. The van der Waals surface area contributed by atoms with Crippen molar-refractivity contribution in [3.05, 3.63) is 28.8 Å². The molecule has 7 heteroatoms. The van der Waals surface area contributed by atoms with Gasteiger partial charge in [0.25, 0.3) is 0 Å². The van der Waals surface area contributed by atoms with Crippen LogP contribution in [0, 0.1) is 0 Å². The van der Waals surface area contributed by atoms with Crippen LogP contribution in [0.25, 0.3) is 0 Å². The third-order valence-corrected chi connectivity index (χ3v) is 3.46. The molecule has 1 fully saturated rings. The lowest BCUT2D eigenvalue weighted by atomic mass is 10.1. The first kappa shape index (κ1) is 15.8. The number of carbonyl (C=O) groups is 2. The van der Waals surface area contributed by atoms with Gasteiger partial charge in [-0.1, -0.05) is 11.6 Å². The van der Waals surface area contributed by atoms with Crippen molar-refractivity contribution in [1.82, 2.24) is 5.32 Å². The van der Waals surface area contributed by atoms with Gasteiger partial charge in [0.05, 0.1) is 17.4 Å². The van der Waals surface area contributed by atoms with Crippen LogP contribution in [0.15, 0.2) is 18.2 Å². The van der Waals surface area contributed by atoms with Crippen LogP contribution in [0.5, 0.6) is 0 Å². The summed E-state index contributed by atoms with van der Waals surface area (Å²) in [5.74, 6) is -1.51. The molecular weight excluding hydrogens is 296 g/mol. The van der Waals surface area contributed by atoms with Gasteiger partial charge in [0.1, 0.15) is 6.61 Å². The average molecular weight is 313 g/mol. The van der Waals surface area contributed by atoms with Gasteiger partial charge in [-0.25, -0.2) is 4.79 Å². The second-order valence-corrected chi connectivity index (χ2v) is 5.24. The summed E-state index contributed by atoms with van der Waals surface area (Å²) in [7, 11) is 0. The number of amides is 1. The topological polar surface area (TPSA) is 87.7 Å². The minimum atomic E-state index is -1.12. The van der Waals surface area contributed by atoms with Gasteiger partial charge >= 0.3 is 5.97 Å². The molecule has 0 bridgehead atoms. The number of carboxylic acid groups (broad SMARTS) is 1. The molecule has 1 amide bonds. The van der Waals surface area contributed by atoms with Gasteiger partial charge in [-0.2, -0.15) is 0 Å². The maximum Gasteiger partial charge on any atom is 0.337 e. The van der Waals surface area contributed by atoms with Crippen LogP contribution < -0.4 is 10.6 Å². The Balaban J connectivity index is 1.92. The zero-order valence-corrected chi connectivity index (χ0v) is 12.2. The molecule has 3 N–H and O–H groups in total. The molecule has 1 saturated heterocycles. The van der Waals surface area contributed by atoms with Gasteiger partial charge < -0.3 is 20.5 Å². The molecule has 1 aliphatic rings. The number of hydrogen-bond acceptors (Lipinski definition) is 4. The SMILES string of the molecule is O=C(COC1CCNCC1)Nc1cc(Cl)ccc1C(=O)O. The fraction of sp³-hybridized carbons (Fsp3) is 0.429. The number of carbonyl (C=O) groups excluding carboxylic acids is 1. The van der Waals surface area contributed by atoms with Crippen molar-refractivity contribution in [3.63, 3.8) is 0 Å². The Morgan fingerprint density at radius 1 is 1.38 bits per heavy atom. The smallest absolute Gasteiger partial charge is 0.337 e. The standard InChI is InChI=1S/C14H17ClN2O4/c15-9-1-2-11(14(19)20)12(7-9)17-13(18)8-21-10-3-5-16-6-4-10/h1-2,7,10,16H,3-6,8H2,(H,17,18)(H,19,20). The van der Waals surface area contributed by atoms with Crippen LogP contribution in [0.4, 0.5) is 5.69 Å². The first-order chi connectivity index (χ1) is 10.1. The molecular formula is C14H17ClN2O4. The molecule has 1 aromatic carbocycles. The molecule has 0 atom stereocenters. The number of nitrogens with one attached hydrogen (secondary N) is 2. The van der Waals surface area contributed by atoms with E-state index in [1.807, 2.05) is 0 Å². The third-order valence-electron chi connectivity index (χ3n) is 3.22. The Morgan fingerprint density at radius 3 is 2.76 bits per heavy atom. The van der Waals surface area contributed by atoms with E-state index in [9.17, 15) is 9.59 Å². The zero-order valence-electron chi connectivity index (χ0n) is 11.4. The number of piperidine rings is 1. The highest BCUT2D eigenvalue weighted by Gasteiger charge is 2.16. The van der Waals surface area contributed by atoms with Gasteiger partial charge in [0.2, 0.25) is 5.91 Å². The molecule has 1 heterocycles. The molecule has 0 aromatic heterocycles. The molecule has 2 rings (SSSR count). The van der Waals surface area contributed by atoms with Gasteiger partial charge in [-0.15, -0.1) is 0 Å². The second-order valence-electron chi connectivity index (χ2n) is 4.80. The quantitative estimate of drug-likeness (QED) is 0.771. The van der Waals surface area contributed by atoms with E-state index in [1.54, 1.807) is 0 Å². The highest BCUT2D eigenvalue weighted by molar-refractivity contribution is 6.31. The fourth-order valence-corrected chi connectivity index (χ4v) is 2.32. The van der Waals surface area contributed by atoms with E-state index in [0.29, 0.717) is 5.02 Å². The van der Waals surface area contributed by atoms with Crippen molar-refractivity contribution in [3.8, 4) is 0 Å². The lowest BCUT2D eigenvalue weighted by Gasteiger charge is -2.22. The second kappa shape index (κ2) is 7.40. The molecule has 1 aromatic rings. The van der Waals surface area contributed by atoms with E-state index in [0.717, 1.165) is 25.9 Å². The van der Waals surface area contributed by atoms with Crippen molar-refractivity contribution in [2.45, 2.75) is 18.9 Å². The Kier molecular flexibility index (Phi) is 5.55. The Morgan fingerprint density at radius 2 is 2.10 bits per heavy atom. The highest BCUT2D eigenvalue weighted by atomic mass is 35.5. The molecule has 1 aliphatic heterocycles. The molecule has 0 spiro atoms. The lowest BCUT2D eigenvalue weighted by Crippen LogP contribution is -2.34. The van der Waals surface area contributed by atoms with Crippen LogP contribution in [0.1, 0.15) is 23.2 Å². The number of rotatable bonds is 5. The van der Waals surface area contributed by atoms with E-state index in [4.69, 9.17) is 21.4 Å². The fourth-order valence-electron chi connectivity index (χ4n) is 2.15. The van der Waals surface area contributed by atoms with Crippen molar-refractivity contribution in [1.29, 1.82) is 0 Å². The van der Waals surface area contributed by atoms with E-state index < -0.39 is 11.9 Å². The molecule has 21 heavy (non-hydrogen) atoms. The summed E-state index contributed by atoms with van der Waals surface area (Å²) in [6.07, 6.45) is 1.80. The maximum atomic E-state index is 11.9. The van der Waals surface area contributed by atoms with Crippen LogP contribution in [0.3, 0.4) is 0 Å².